The fraction of sp³-hybridized carbons (Fsp3) is 0.324. The molecule has 6 rings (SSSR count). The van der Waals surface area contributed by atoms with E-state index < -0.39 is 6.30 Å². The summed E-state index contributed by atoms with van der Waals surface area (Å²) < 4.78 is 29.8. The van der Waals surface area contributed by atoms with Crippen LogP contribution in [0, 0.1) is 36.4 Å². The number of halogens is 2. The van der Waals surface area contributed by atoms with Crippen molar-refractivity contribution in [1.29, 1.82) is 5.41 Å². The molecular formula is C34H34F2N4O. The summed E-state index contributed by atoms with van der Waals surface area (Å²) in [5.41, 5.74) is 4.30. The molecule has 1 saturated carbocycles. The van der Waals surface area contributed by atoms with Gasteiger partial charge in [0.15, 0.2) is 6.30 Å². The lowest BCUT2D eigenvalue weighted by Gasteiger charge is -2.32. The molecule has 1 aliphatic heterocycles. The number of benzene rings is 3. The third-order valence-electron chi connectivity index (χ3n) is 7.80. The van der Waals surface area contributed by atoms with Crippen LogP contribution in [0.3, 0.4) is 0 Å². The number of nitrogens with one attached hydrogen (secondary N) is 1. The molecule has 1 N–H and O–H groups in total. The van der Waals surface area contributed by atoms with Gasteiger partial charge in [-0.25, -0.2) is 13.8 Å². The first-order chi connectivity index (χ1) is 19.8. The van der Waals surface area contributed by atoms with Gasteiger partial charge in [-0.1, -0.05) is 30.3 Å². The monoisotopic (exact) mass is 552 g/mol. The standard InChI is InChI=1S/C29H28F2N4O.C5H6/c1-18-16-22(10-11-24(18)27(32)21-6-5-7-23(31)17-21)29(36)34-14-12-20(13-15-34)28-33-25-8-3-4-9-26(25)35(28)19(2)30;1-2-5-3-4-5/h3-11,16-17,19-20,32H,12-15H2,1-2H3;1,5H,3-4H2. The average Bonchev–Trinajstić information content (AvgIpc) is 3.75. The van der Waals surface area contributed by atoms with Crippen molar-refractivity contribution in [2.45, 2.75) is 51.7 Å². The number of piperidine rings is 1. The zero-order chi connectivity index (χ0) is 29.1. The molecule has 1 atom stereocenters. The maximum absolute atomic E-state index is 14.5. The molecule has 0 bridgehead atoms. The maximum Gasteiger partial charge on any atom is 0.253 e. The Hall–Kier alpha value is -4.31. The number of carbonyl (C=O) groups excluding carboxylic acids is 1. The molecule has 1 aliphatic carbocycles. The number of aromatic nitrogens is 2. The van der Waals surface area contributed by atoms with Crippen molar-refractivity contribution in [2.75, 3.05) is 13.1 Å². The predicted molar refractivity (Wildman–Crippen MR) is 158 cm³/mol. The Morgan fingerprint density at radius 1 is 1.02 bits per heavy atom. The van der Waals surface area contributed by atoms with Crippen molar-refractivity contribution in [1.82, 2.24) is 14.5 Å². The van der Waals surface area contributed by atoms with Gasteiger partial charge < -0.3 is 4.90 Å². The van der Waals surface area contributed by atoms with Crippen molar-refractivity contribution in [3.8, 4) is 12.3 Å². The summed E-state index contributed by atoms with van der Waals surface area (Å²) in [4.78, 5) is 19.8. The molecule has 1 saturated heterocycles. The van der Waals surface area contributed by atoms with Crippen LogP contribution in [0.25, 0.3) is 11.0 Å². The quantitative estimate of drug-likeness (QED) is 0.207. The van der Waals surface area contributed by atoms with E-state index in [-0.39, 0.29) is 23.4 Å². The summed E-state index contributed by atoms with van der Waals surface area (Å²) in [5.74, 6) is 3.68. The van der Waals surface area contributed by atoms with E-state index in [1.807, 2.05) is 36.1 Å². The van der Waals surface area contributed by atoms with Crippen LogP contribution in [0.15, 0.2) is 66.7 Å². The van der Waals surface area contributed by atoms with Gasteiger partial charge in [0.25, 0.3) is 5.91 Å². The number of likely N-dealkylation sites (tertiary alicyclic amines) is 1. The summed E-state index contributed by atoms with van der Waals surface area (Å²) in [6.07, 6.45) is 7.77. The highest BCUT2D eigenvalue weighted by Crippen LogP contribution is 2.33. The Balaban J connectivity index is 0.000000610. The van der Waals surface area contributed by atoms with Crippen molar-refractivity contribution >= 4 is 22.7 Å². The first kappa shape index (κ1) is 28.2. The average molecular weight is 553 g/mol. The lowest BCUT2D eigenvalue weighted by atomic mass is 9.94. The SMILES string of the molecule is C#CC1CC1.Cc1cc(C(=O)N2CCC(c3nc4ccccc4n3C(C)F)CC2)ccc1C(=N)c1cccc(F)c1. The maximum atomic E-state index is 14.5. The molecule has 3 aromatic carbocycles. The first-order valence-electron chi connectivity index (χ1n) is 14.1. The minimum atomic E-state index is -1.18. The molecule has 4 aromatic rings. The van der Waals surface area contributed by atoms with Gasteiger partial charge in [0.05, 0.1) is 16.7 Å². The van der Waals surface area contributed by atoms with Crippen LogP contribution in [0.2, 0.25) is 0 Å². The summed E-state index contributed by atoms with van der Waals surface area (Å²) in [7, 11) is 0. The summed E-state index contributed by atoms with van der Waals surface area (Å²) in [6.45, 7) is 4.51. The van der Waals surface area contributed by atoms with Gasteiger partial charge in [0.2, 0.25) is 0 Å². The van der Waals surface area contributed by atoms with E-state index in [2.05, 4.69) is 5.92 Å². The van der Waals surface area contributed by atoms with Crippen LogP contribution in [-0.2, 0) is 0 Å². The van der Waals surface area contributed by atoms with E-state index in [0.29, 0.717) is 48.5 Å². The van der Waals surface area contributed by atoms with E-state index in [9.17, 15) is 13.6 Å². The van der Waals surface area contributed by atoms with E-state index >= 15 is 0 Å². The second-order valence-electron chi connectivity index (χ2n) is 10.8. The zero-order valence-corrected chi connectivity index (χ0v) is 23.4. The molecule has 1 unspecified atom stereocenters. The molecule has 210 valence electrons. The van der Waals surface area contributed by atoms with E-state index in [1.54, 1.807) is 34.9 Å². The molecule has 5 nitrogen and oxygen atoms in total. The highest BCUT2D eigenvalue weighted by molar-refractivity contribution is 6.12. The topological polar surface area (TPSA) is 62.0 Å². The number of terminal acetylenes is 1. The lowest BCUT2D eigenvalue weighted by Crippen LogP contribution is -2.38. The molecule has 0 spiro atoms. The minimum absolute atomic E-state index is 0.0623. The molecule has 1 amide bonds. The molecule has 41 heavy (non-hydrogen) atoms. The second-order valence-corrected chi connectivity index (χ2v) is 10.8. The third-order valence-corrected chi connectivity index (χ3v) is 7.80. The Bertz CT molecular complexity index is 1620. The van der Waals surface area contributed by atoms with Crippen LogP contribution < -0.4 is 0 Å². The van der Waals surface area contributed by atoms with Crippen LogP contribution >= 0.6 is 0 Å². The van der Waals surface area contributed by atoms with Crippen molar-refractivity contribution < 1.29 is 13.6 Å². The summed E-state index contributed by atoms with van der Waals surface area (Å²) in [5, 5.41) is 8.48. The Morgan fingerprint density at radius 3 is 2.37 bits per heavy atom. The zero-order valence-electron chi connectivity index (χ0n) is 23.4. The number of para-hydroxylation sites is 2. The Morgan fingerprint density at radius 2 is 1.76 bits per heavy atom. The Kier molecular flexibility index (Phi) is 8.30. The van der Waals surface area contributed by atoms with Crippen LogP contribution in [0.5, 0.6) is 0 Å². The van der Waals surface area contributed by atoms with Crippen LogP contribution in [-0.4, -0.2) is 39.2 Å². The highest BCUT2D eigenvalue weighted by atomic mass is 19.1. The molecule has 0 radical (unpaired) electrons. The van der Waals surface area contributed by atoms with Gasteiger partial charge >= 0.3 is 0 Å². The highest BCUT2D eigenvalue weighted by Gasteiger charge is 2.29. The van der Waals surface area contributed by atoms with E-state index in [1.165, 1.54) is 31.9 Å². The van der Waals surface area contributed by atoms with Crippen LogP contribution in [0.4, 0.5) is 8.78 Å². The number of hydrogen-bond acceptors (Lipinski definition) is 3. The normalized spacial score (nSPS) is 16.0. The lowest BCUT2D eigenvalue weighted by molar-refractivity contribution is 0.0708. The second kappa shape index (κ2) is 12.1. The van der Waals surface area contributed by atoms with Gasteiger partial charge in [-0.05, 0) is 81.5 Å². The predicted octanol–water partition coefficient (Wildman–Crippen LogP) is 7.44. The fourth-order valence-electron chi connectivity index (χ4n) is 5.38. The molecule has 7 heteroatoms. The van der Waals surface area contributed by atoms with Gasteiger partial charge in [-0.15, -0.1) is 12.3 Å². The van der Waals surface area contributed by atoms with Gasteiger partial charge in [0.1, 0.15) is 11.6 Å². The van der Waals surface area contributed by atoms with Gasteiger partial charge in [0, 0.05) is 41.6 Å². The van der Waals surface area contributed by atoms with Crippen molar-refractivity contribution in [3.63, 3.8) is 0 Å². The van der Waals surface area contributed by atoms with Gasteiger partial charge in [-0.2, -0.15) is 0 Å². The molecular weight excluding hydrogens is 518 g/mol. The summed E-state index contributed by atoms with van der Waals surface area (Å²) >= 11 is 0. The number of amides is 1. The molecule has 2 aliphatic rings. The number of fused-ring (bicyclic) bond motifs is 1. The van der Waals surface area contributed by atoms with Crippen molar-refractivity contribution in [2.24, 2.45) is 5.92 Å². The number of carbonyl (C=O) groups is 1. The Labute approximate surface area is 239 Å². The third kappa shape index (κ3) is 6.22. The largest absolute Gasteiger partial charge is 0.339 e. The first-order valence-corrected chi connectivity index (χ1v) is 14.1. The summed E-state index contributed by atoms with van der Waals surface area (Å²) in [6, 6.07) is 18.8. The molecule has 2 heterocycles. The smallest absolute Gasteiger partial charge is 0.253 e. The number of rotatable bonds is 5. The van der Waals surface area contributed by atoms with Crippen LogP contribution in [0.1, 0.15) is 77.7 Å². The number of nitrogens with zero attached hydrogens (tertiary/aromatic N) is 3. The molecule has 2 fully saturated rings. The number of aryl methyl sites for hydroxylation is 1. The molecule has 1 aromatic heterocycles. The number of hydrogen-bond donors (Lipinski definition) is 1. The number of alkyl halides is 1. The van der Waals surface area contributed by atoms with E-state index in [4.69, 9.17) is 16.8 Å². The fourth-order valence-corrected chi connectivity index (χ4v) is 5.38. The van der Waals surface area contributed by atoms with E-state index in [0.717, 1.165) is 22.4 Å². The minimum Gasteiger partial charge on any atom is -0.339 e. The number of imidazole rings is 1. The van der Waals surface area contributed by atoms with Crippen molar-refractivity contribution in [3.05, 3.63) is 101 Å². The van der Waals surface area contributed by atoms with Gasteiger partial charge in [-0.3, -0.25) is 14.8 Å².